The number of sulfonamides is 1. The molecule has 122 valence electrons. The molecule has 0 bridgehead atoms. The van der Waals surface area contributed by atoms with Crippen LogP contribution in [0.3, 0.4) is 0 Å². The molecule has 1 aliphatic rings. The minimum atomic E-state index is -3.56. The summed E-state index contributed by atoms with van der Waals surface area (Å²) in [6.07, 6.45) is 1.10. The third-order valence-corrected chi connectivity index (χ3v) is 5.45. The average molecular weight is 390 g/mol. The van der Waals surface area contributed by atoms with Gasteiger partial charge < -0.3 is 10.2 Å². The first kappa shape index (κ1) is 17.4. The highest BCUT2D eigenvalue weighted by Crippen LogP contribution is 2.14. The Kier molecular flexibility index (Phi) is 6.37. The Bertz CT molecular complexity index is 596. The van der Waals surface area contributed by atoms with Gasteiger partial charge in [-0.05, 0) is 37.2 Å². The molecule has 0 atom stereocenters. The van der Waals surface area contributed by atoms with Gasteiger partial charge in [0.2, 0.25) is 15.9 Å². The van der Waals surface area contributed by atoms with Crippen LogP contribution in [0.15, 0.2) is 33.6 Å². The Morgan fingerprint density at radius 1 is 1.23 bits per heavy atom. The lowest BCUT2D eigenvalue weighted by Gasteiger charge is -2.19. The van der Waals surface area contributed by atoms with Crippen molar-refractivity contribution in [1.29, 1.82) is 0 Å². The van der Waals surface area contributed by atoms with Gasteiger partial charge in [0.25, 0.3) is 0 Å². The van der Waals surface area contributed by atoms with E-state index in [-0.39, 0.29) is 23.8 Å². The van der Waals surface area contributed by atoms with Crippen LogP contribution in [0.1, 0.15) is 12.8 Å². The number of halogens is 1. The van der Waals surface area contributed by atoms with Crippen molar-refractivity contribution >= 4 is 31.9 Å². The molecule has 1 aromatic rings. The average Bonchev–Trinajstić information content (AvgIpc) is 2.76. The summed E-state index contributed by atoms with van der Waals surface area (Å²) in [5.74, 6) is -0.0118. The summed E-state index contributed by atoms with van der Waals surface area (Å²) in [4.78, 5) is 14.1. The highest BCUT2D eigenvalue weighted by Gasteiger charge is 2.17. The second-order valence-corrected chi connectivity index (χ2v) is 7.77. The quantitative estimate of drug-likeness (QED) is 0.785. The fraction of sp³-hybridized carbons (Fsp3) is 0.500. The molecule has 0 unspecified atom stereocenters. The van der Waals surface area contributed by atoms with E-state index in [9.17, 15) is 13.2 Å². The van der Waals surface area contributed by atoms with Crippen LogP contribution in [0.25, 0.3) is 0 Å². The Morgan fingerprint density at radius 2 is 1.95 bits per heavy atom. The monoisotopic (exact) mass is 389 g/mol. The van der Waals surface area contributed by atoms with Gasteiger partial charge in [-0.1, -0.05) is 15.9 Å². The van der Waals surface area contributed by atoms with Gasteiger partial charge in [0.05, 0.1) is 4.90 Å². The molecule has 2 N–H and O–H groups in total. The largest absolute Gasteiger partial charge is 0.341 e. The van der Waals surface area contributed by atoms with Crippen LogP contribution in [0.5, 0.6) is 0 Å². The van der Waals surface area contributed by atoms with Crippen molar-refractivity contribution in [2.45, 2.75) is 17.7 Å². The van der Waals surface area contributed by atoms with Gasteiger partial charge >= 0.3 is 0 Å². The summed E-state index contributed by atoms with van der Waals surface area (Å²) in [6.45, 7) is 3.22. The van der Waals surface area contributed by atoms with E-state index >= 15 is 0 Å². The van der Waals surface area contributed by atoms with Crippen LogP contribution in [0.2, 0.25) is 0 Å². The molecule has 22 heavy (non-hydrogen) atoms. The van der Waals surface area contributed by atoms with Crippen LogP contribution < -0.4 is 10.0 Å². The van der Waals surface area contributed by atoms with Crippen LogP contribution in [-0.2, 0) is 14.8 Å². The second-order valence-electron chi connectivity index (χ2n) is 5.09. The second kappa shape index (κ2) is 8.05. The Morgan fingerprint density at radius 3 is 2.68 bits per heavy atom. The van der Waals surface area contributed by atoms with Crippen molar-refractivity contribution in [3.8, 4) is 0 Å². The lowest BCUT2D eigenvalue weighted by Crippen LogP contribution is -2.36. The molecular formula is C14H20BrN3O3S. The number of benzene rings is 1. The predicted octanol–water partition coefficient (Wildman–Crippen LogP) is 0.939. The number of carbonyl (C=O) groups is 1. The first-order valence-electron chi connectivity index (χ1n) is 7.23. The summed E-state index contributed by atoms with van der Waals surface area (Å²) in [5.41, 5.74) is 0. The van der Waals surface area contributed by atoms with E-state index in [4.69, 9.17) is 0 Å². The highest BCUT2D eigenvalue weighted by molar-refractivity contribution is 9.10. The van der Waals surface area contributed by atoms with Gasteiger partial charge in [0.1, 0.15) is 0 Å². The zero-order chi connectivity index (χ0) is 16.0. The standard InChI is InChI=1S/C14H20BrN3O3S/c15-12-2-4-13(5-3-12)22(20,21)17-8-6-14(19)18-10-1-7-16-9-11-18/h2-5,16-17H,1,6-11H2. The maximum absolute atomic E-state index is 12.1. The van der Waals surface area contributed by atoms with Crippen LogP contribution in [0, 0.1) is 0 Å². The molecule has 0 radical (unpaired) electrons. The van der Waals surface area contributed by atoms with E-state index < -0.39 is 10.0 Å². The number of hydrogen-bond donors (Lipinski definition) is 2. The molecule has 0 aliphatic carbocycles. The molecule has 1 amide bonds. The maximum Gasteiger partial charge on any atom is 0.240 e. The molecule has 0 spiro atoms. The summed E-state index contributed by atoms with van der Waals surface area (Å²) in [7, 11) is -3.56. The zero-order valence-corrected chi connectivity index (χ0v) is 14.6. The molecule has 6 nitrogen and oxygen atoms in total. The van der Waals surface area contributed by atoms with Gasteiger partial charge in [-0.2, -0.15) is 0 Å². The number of amides is 1. The summed E-state index contributed by atoms with van der Waals surface area (Å²) >= 11 is 3.26. The third kappa shape index (κ3) is 5.05. The molecular weight excluding hydrogens is 370 g/mol. The summed E-state index contributed by atoms with van der Waals surface area (Å²) in [5, 5.41) is 3.23. The summed E-state index contributed by atoms with van der Waals surface area (Å²) < 4.78 is 27.5. The minimum Gasteiger partial charge on any atom is -0.341 e. The Balaban J connectivity index is 1.84. The fourth-order valence-corrected chi connectivity index (χ4v) is 3.54. The molecule has 1 aromatic carbocycles. The molecule has 0 aromatic heterocycles. The van der Waals surface area contributed by atoms with E-state index in [1.165, 1.54) is 12.1 Å². The lowest BCUT2D eigenvalue weighted by atomic mass is 10.3. The molecule has 1 heterocycles. The fourth-order valence-electron chi connectivity index (χ4n) is 2.24. The van der Waals surface area contributed by atoms with E-state index in [0.717, 1.165) is 30.5 Å². The molecule has 1 fully saturated rings. The Labute approximate surface area is 139 Å². The van der Waals surface area contributed by atoms with Crippen molar-refractivity contribution in [2.75, 3.05) is 32.7 Å². The smallest absolute Gasteiger partial charge is 0.240 e. The molecule has 1 saturated heterocycles. The molecule has 8 heteroatoms. The van der Waals surface area contributed by atoms with Crippen LogP contribution in [-0.4, -0.2) is 51.9 Å². The SMILES string of the molecule is O=C(CCNS(=O)(=O)c1ccc(Br)cc1)N1CCCNCC1. The van der Waals surface area contributed by atoms with Crippen molar-refractivity contribution in [3.05, 3.63) is 28.7 Å². The van der Waals surface area contributed by atoms with E-state index in [2.05, 4.69) is 26.0 Å². The Hall–Kier alpha value is -0.960. The first-order chi connectivity index (χ1) is 10.5. The lowest BCUT2D eigenvalue weighted by molar-refractivity contribution is -0.130. The van der Waals surface area contributed by atoms with Gasteiger partial charge in [-0.25, -0.2) is 13.1 Å². The number of rotatable bonds is 5. The topological polar surface area (TPSA) is 78.5 Å². The normalized spacial score (nSPS) is 16.3. The third-order valence-electron chi connectivity index (χ3n) is 3.45. The van der Waals surface area contributed by atoms with Gasteiger partial charge in [-0.15, -0.1) is 0 Å². The molecule has 0 saturated carbocycles. The van der Waals surface area contributed by atoms with Gasteiger partial charge in [-0.3, -0.25) is 4.79 Å². The minimum absolute atomic E-state index is 0.0118. The maximum atomic E-state index is 12.1. The molecule has 2 rings (SSSR count). The molecule has 1 aliphatic heterocycles. The van der Waals surface area contributed by atoms with Crippen molar-refractivity contribution < 1.29 is 13.2 Å². The van der Waals surface area contributed by atoms with E-state index in [1.54, 1.807) is 17.0 Å². The van der Waals surface area contributed by atoms with Crippen molar-refractivity contribution in [1.82, 2.24) is 14.9 Å². The number of nitrogens with zero attached hydrogens (tertiary/aromatic N) is 1. The predicted molar refractivity (Wildman–Crippen MR) is 88.0 cm³/mol. The van der Waals surface area contributed by atoms with Gasteiger partial charge in [0, 0.05) is 37.1 Å². The van der Waals surface area contributed by atoms with Gasteiger partial charge in [0.15, 0.2) is 0 Å². The zero-order valence-electron chi connectivity index (χ0n) is 12.2. The first-order valence-corrected chi connectivity index (χ1v) is 9.50. The van der Waals surface area contributed by atoms with Crippen LogP contribution in [0.4, 0.5) is 0 Å². The van der Waals surface area contributed by atoms with E-state index in [0.29, 0.717) is 6.54 Å². The highest BCUT2D eigenvalue weighted by atomic mass is 79.9. The number of carbonyl (C=O) groups excluding carboxylic acids is 1. The van der Waals surface area contributed by atoms with E-state index in [1.807, 2.05) is 0 Å². The summed E-state index contributed by atoms with van der Waals surface area (Å²) in [6, 6.07) is 6.39. The number of hydrogen-bond acceptors (Lipinski definition) is 4. The van der Waals surface area contributed by atoms with Crippen LogP contribution >= 0.6 is 15.9 Å². The van der Waals surface area contributed by atoms with Crippen molar-refractivity contribution in [3.63, 3.8) is 0 Å². The number of nitrogens with one attached hydrogen (secondary N) is 2. The van der Waals surface area contributed by atoms with Crippen molar-refractivity contribution in [2.24, 2.45) is 0 Å².